The van der Waals surface area contributed by atoms with E-state index in [0.717, 1.165) is 11.1 Å². The summed E-state index contributed by atoms with van der Waals surface area (Å²) in [5, 5.41) is 5.53. The molecule has 1 aromatic heterocycles. The number of nitrogens with one attached hydrogen (secondary N) is 2. The van der Waals surface area contributed by atoms with E-state index in [4.69, 9.17) is 0 Å². The molecule has 5 nitrogen and oxygen atoms in total. The van der Waals surface area contributed by atoms with Crippen LogP contribution in [-0.2, 0) is 9.59 Å². The van der Waals surface area contributed by atoms with Gasteiger partial charge in [0.25, 0.3) is 0 Å². The van der Waals surface area contributed by atoms with E-state index in [1.807, 2.05) is 49.4 Å². The monoisotopic (exact) mass is 323 g/mol. The number of nitrogens with zero attached hydrogens (tertiary/aromatic N) is 1. The first kappa shape index (κ1) is 17.4. The molecule has 2 rings (SSSR count). The Morgan fingerprint density at radius 2 is 1.67 bits per heavy atom. The first-order valence-corrected chi connectivity index (χ1v) is 7.80. The molecule has 1 aromatic carbocycles. The van der Waals surface area contributed by atoms with Crippen LogP contribution in [0.3, 0.4) is 0 Å². The summed E-state index contributed by atoms with van der Waals surface area (Å²) in [5.74, 6) is -0.543. The number of carbonyl (C=O) groups excluding carboxylic acids is 2. The lowest BCUT2D eigenvalue weighted by molar-refractivity contribution is -0.127. The van der Waals surface area contributed by atoms with E-state index in [9.17, 15) is 9.59 Å². The Morgan fingerprint density at radius 3 is 2.33 bits per heavy atom. The van der Waals surface area contributed by atoms with Crippen molar-refractivity contribution in [3.8, 4) is 0 Å². The van der Waals surface area contributed by atoms with Gasteiger partial charge < -0.3 is 10.6 Å². The predicted octanol–water partition coefficient (Wildman–Crippen LogP) is 2.48. The molecule has 0 spiro atoms. The van der Waals surface area contributed by atoms with Gasteiger partial charge in [-0.2, -0.15) is 0 Å². The van der Waals surface area contributed by atoms with Crippen LogP contribution < -0.4 is 10.6 Å². The molecule has 24 heavy (non-hydrogen) atoms. The molecule has 2 aromatic rings. The van der Waals surface area contributed by atoms with Gasteiger partial charge in [-0.15, -0.1) is 0 Å². The molecule has 0 aliphatic rings. The van der Waals surface area contributed by atoms with Crippen LogP contribution in [-0.4, -0.2) is 22.8 Å². The highest BCUT2D eigenvalue weighted by Crippen LogP contribution is 2.10. The minimum Gasteiger partial charge on any atom is -0.348 e. The van der Waals surface area contributed by atoms with E-state index < -0.39 is 6.04 Å². The zero-order valence-corrected chi connectivity index (χ0v) is 13.8. The Bertz CT molecular complexity index is 699. The average molecular weight is 323 g/mol. The second-order valence-electron chi connectivity index (χ2n) is 5.49. The molecule has 0 aliphatic carbocycles. The van der Waals surface area contributed by atoms with Gasteiger partial charge in [0.2, 0.25) is 11.8 Å². The van der Waals surface area contributed by atoms with Gasteiger partial charge >= 0.3 is 0 Å². The highest BCUT2D eigenvalue weighted by atomic mass is 16.2. The maximum absolute atomic E-state index is 12.2. The zero-order valence-electron chi connectivity index (χ0n) is 13.8. The molecule has 5 heteroatoms. The van der Waals surface area contributed by atoms with Crippen molar-refractivity contribution in [2.45, 2.75) is 25.9 Å². The van der Waals surface area contributed by atoms with Crippen LogP contribution in [0.25, 0.3) is 6.08 Å². The molecule has 124 valence electrons. The van der Waals surface area contributed by atoms with Gasteiger partial charge in [-0.25, -0.2) is 0 Å². The van der Waals surface area contributed by atoms with E-state index in [1.54, 1.807) is 25.4 Å². The van der Waals surface area contributed by atoms with Crippen LogP contribution in [0.2, 0.25) is 0 Å². The fourth-order valence-electron chi connectivity index (χ4n) is 2.14. The minimum absolute atomic E-state index is 0.153. The van der Waals surface area contributed by atoms with E-state index in [0.29, 0.717) is 0 Å². The SMILES string of the molecule is CC(NC(=O)/C=C/c1ccccc1)C(=O)NC(C)c1ccncc1. The molecule has 2 atom stereocenters. The Hall–Kier alpha value is -2.95. The number of hydrogen-bond donors (Lipinski definition) is 2. The van der Waals surface area contributed by atoms with Crippen molar-refractivity contribution in [2.24, 2.45) is 0 Å². The first-order chi connectivity index (χ1) is 11.6. The number of hydrogen-bond acceptors (Lipinski definition) is 3. The van der Waals surface area contributed by atoms with Gasteiger partial charge in [-0.3, -0.25) is 14.6 Å². The third-order valence-corrected chi connectivity index (χ3v) is 3.54. The largest absolute Gasteiger partial charge is 0.348 e. The standard InChI is InChI=1S/C19H21N3O2/c1-14(17-10-12-20-13-11-17)22-19(24)15(2)21-18(23)9-8-16-6-4-3-5-7-16/h3-15H,1-2H3,(H,21,23)(H,22,24)/b9-8+. The average Bonchev–Trinajstić information content (AvgIpc) is 2.61. The third kappa shape index (κ3) is 5.35. The highest BCUT2D eigenvalue weighted by molar-refractivity contribution is 5.95. The maximum atomic E-state index is 12.2. The lowest BCUT2D eigenvalue weighted by Crippen LogP contribution is -2.45. The molecule has 1 heterocycles. The topological polar surface area (TPSA) is 71.1 Å². The quantitative estimate of drug-likeness (QED) is 0.802. The Labute approximate surface area is 141 Å². The number of amides is 2. The van der Waals surface area contributed by atoms with E-state index >= 15 is 0 Å². The minimum atomic E-state index is -0.623. The van der Waals surface area contributed by atoms with E-state index in [1.165, 1.54) is 6.08 Å². The zero-order chi connectivity index (χ0) is 17.4. The molecule has 0 saturated heterocycles. The van der Waals surface area contributed by atoms with Gasteiger partial charge in [0.1, 0.15) is 6.04 Å². The summed E-state index contributed by atoms with van der Waals surface area (Å²) < 4.78 is 0. The smallest absolute Gasteiger partial charge is 0.244 e. The van der Waals surface area contributed by atoms with E-state index in [-0.39, 0.29) is 17.9 Å². The molecule has 2 unspecified atom stereocenters. The summed E-state index contributed by atoms with van der Waals surface area (Å²) in [4.78, 5) is 28.0. The number of rotatable bonds is 6. The first-order valence-electron chi connectivity index (χ1n) is 7.80. The van der Waals surface area contributed by atoms with Gasteiger partial charge in [0, 0.05) is 18.5 Å². The summed E-state index contributed by atoms with van der Waals surface area (Å²) in [6, 6.07) is 12.4. The van der Waals surface area contributed by atoms with Gasteiger partial charge in [0.15, 0.2) is 0 Å². The molecule has 0 saturated carbocycles. The van der Waals surface area contributed by atoms with Crippen molar-refractivity contribution in [1.29, 1.82) is 0 Å². The van der Waals surface area contributed by atoms with Crippen LogP contribution in [0.5, 0.6) is 0 Å². The van der Waals surface area contributed by atoms with Crippen molar-refractivity contribution in [3.63, 3.8) is 0 Å². The summed E-state index contributed by atoms with van der Waals surface area (Å²) in [5.41, 5.74) is 1.89. The van der Waals surface area contributed by atoms with Gasteiger partial charge in [0.05, 0.1) is 6.04 Å². The molecule has 2 amide bonds. The second kappa shape index (κ2) is 8.62. The fraction of sp³-hybridized carbons (Fsp3) is 0.211. The second-order valence-corrected chi connectivity index (χ2v) is 5.49. The summed E-state index contributed by atoms with van der Waals surface area (Å²) in [7, 11) is 0. The van der Waals surface area contributed by atoms with Crippen molar-refractivity contribution < 1.29 is 9.59 Å². The number of pyridine rings is 1. The number of benzene rings is 1. The van der Waals surface area contributed by atoms with Crippen LogP contribution in [0.1, 0.15) is 31.0 Å². The normalized spacial score (nSPS) is 13.2. The van der Waals surface area contributed by atoms with Crippen LogP contribution in [0, 0.1) is 0 Å². The summed E-state index contributed by atoms with van der Waals surface area (Å²) in [6.45, 7) is 3.54. The Balaban J connectivity index is 1.85. The number of carbonyl (C=O) groups is 2. The fourth-order valence-corrected chi connectivity index (χ4v) is 2.14. The molecule has 0 radical (unpaired) electrons. The summed E-state index contributed by atoms with van der Waals surface area (Å²) in [6.07, 6.45) is 6.49. The van der Waals surface area contributed by atoms with Crippen molar-refractivity contribution in [1.82, 2.24) is 15.6 Å². The number of aromatic nitrogens is 1. The van der Waals surface area contributed by atoms with Crippen molar-refractivity contribution in [2.75, 3.05) is 0 Å². The Kier molecular flexibility index (Phi) is 6.25. The predicted molar refractivity (Wildman–Crippen MR) is 93.9 cm³/mol. The molecule has 2 N–H and O–H groups in total. The molecule has 0 bridgehead atoms. The summed E-state index contributed by atoms with van der Waals surface area (Å²) >= 11 is 0. The molecule has 0 aliphatic heterocycles. The van der Waals surface area contributed by atoms with Crippen LogP contribution in [0.15, 0.2) is 60.9 Å². The third-order valence-electron chi connectivity index (χ3n) is 3.54. The molecule has 0 fully saturated rings. The molecular weight excluding hydrogens is 302 g/mol. The van der Waals surface area contributed by atoms with Gasteiger partial charge in [-0.05, 0) is 43.2 Å². The lowest BCUT2D eigenvalue weighted by Gasteiger charge is -2.18. The highest BCUT2D eigenvalue weighted by Gasteiger charge is 2.17. The molecular formula is C19H21N3O2. The Morgan fingerprint density at radius 1 is 1.00 bits per heavy atom. The van der Waals surface area contributed by atoms with E-state index in [2.05, 4.69) is 15.6 Å². The van der Waals surface area contributed by atoms with Crippen molar-refractivity contribution >= 4 is 17.9 Å². The maximum Gasteiger partial charge on any atom is 0.244 e. The van der Waals surface area contributed by atoms with Crippen LogP contribution >= 0.6 is 0 Å². The van der Waals surface area contributed by atoms with Gasteiger partial charge in [-0.1, -0.05) is 30.3 Å². The lowest BCUT2D eigenvalue weighted by atomic mass is 10.1. The van der Waals surface area contributed by atoms with Crippen LogP contribution in [0.4, 0.5) is 0 Å². The van der Waals surface area contributed by atoms with Crippen molar-refractivity contribution in [3.05, 3.63) is 72.1 Å².